The highest BCUT2D eigenvalue weighted by atomic mass is 16.5. The minimum atomic E-state index is -1.68. The number of aliphatic carboxylic acids is 1. The van der Waals surface area contributed by atoms with Crippen LogP contribution in [0.1, 0.15) is 13.3 Å². The van der Waals surface area contributed by atoms with E-state index < -0.39 is 11.6 Å². The zero-order valence-electron chi connectivity index (χ0n) is 8.99. The molecule has 5 heteroatoms. The average molecular weight is 205 g/mol. The highest BCUT2D eigenvalue weighted by Gasteiger charge is 2.30. The van der Waals surface area contributed by atoms with Gasteiger partial charge in [-0.2, -0.15) is 0 Å². The lowest BCUT2D eigenvalue weighted by Gasteiger charge is -2.25. The van der Waals surface area contributed by atoms with Gasteiger partial charge < -0.3 is 19.8 Å². The van der Waals surface area contributed by atoms with Crippen molar-refractivity contribution in [2.75, 3.05) is 33.9 Å². The van der Waals surface area contributed by atoms with Crippen LogP contribution < -0.4 is 0 Å². The smallest absolute Gasteiger partial charge is 0.336 e. The molecule has 84 valence electrons. The molecule has 0 aromatic carbocycles. The molecule has 0 aliphatic rings. The molecule has 0 aliphatic carbocycles. The first-order valence-corrected chi connectivity index (χ1v) is 4.53. The molecule has 5 nitrogen and oxygen atoms in total. The van der Waals surface area contributed by atoms with Crippen LogP contribution in [0.15, 0.2) is 0 Å². The molecule has 0 bridgehead atoms. The maximum absolute atomic E-state index is 10.6. The molecule has 0 aliphatic heterocycles. The molecule has 0 spiro atoms. The third-order valence-electron chi connectivity index (χ3n) is 1.93. The van der Waals surface area contributed by atoms with E-state index in [-0.39, 0.29) is 6.54 Å². The summed E-state index contributed by atoms with van der Waals surface area (Å²) in [5, 5.41) is 18.1. The Morgan fingerprint density at radius 2 is 2.14 bits per heavy atom. The van der Waals surface area contributed by atoms with Crippen molar-refractivity contribution in [1.29, 1.82) is 0 Å². The highest BCUT2D eigenvalue weighted by Crippen LogP contribution is 2.05. The van der Waals surface area contributed by atoms with E-state index in [9.17, 15) is 9.90 Å². The topological polar surface area (TPSA) is 70.0 Å². The number of nitrogens with zero attached hydrogens (tertiary/aromatic N) is 1. The molecule has 14 heavy (non-hydrogen) atoms. The number of carboxylic acids is 1. The van der Waals surface area contributed by atoms with E-state index in [2.05, 4.69) is 0 Å². The number of ether oxygens (including phenoxy) is 1. The lowest BCUT2D eigenvalue weighted by molar-refractivity contribution is -0.158. The van der Waals surface area contributed by atoms with Gasteiger partial charge in [-0.05, 0) is 20.4 Å². The Labute approximate surface area is 84.3 Å². The number of aliphatic hydroxyl groups is 1. The van der Waals surface area contributed by atoms with Crippen LogP contribution in [0.25, 0.3) is 0 Å². The van der Waals surface area contributed by atoms with Crippen molar-refractivity contribution in [2.24, 2.45) is 0 Å². The third-order valence-corrected chi connectivity index (χ3v) is 1.93. The van der Waals surface area contributed by atoms with E-state index >= 15 is 0 Å². The van der Waals surface area contributed by atoms with Crippen LogP contribution in [0.5, 0.6) is 0 Å². The van der Waals surface area contributed by atoms with E-state index in [1.54, 1.807) is 19.1 Å². The summed E-state index contributed by atoms with van der Waals surface area (Å²) in [6.07, 6.45) is 0.822. The molecule has 2 N–H and O–H groups in total. The number of carbonyl (C=O) groups is 1. The Morgan fingerprint density at radius 3 is 2.57 bits per heavy atom. The molecule has 0 aromatic rings. The summed E-state index contributed by atoms with van der Waals surface area (Å²) in [6, 6.07) is 0. The predicted molar refractivity (Wildman–Crippen MR) is 52.2 cm³/mol. The molecule has 0 saturated heterocycles. The minimum absolute atomic E-state index is 0.117. The number of likely N-dealkylation sites (N-methyl/N-ethyl adjacent to an activating group) is 1. The van der Waals surface area contributed by atoms with E-state index in [0.717, 1.165) is 6.42 Å². The lowest BCUT2D eigenvalue weighted by Crippen LogP contribution is -2.45. The van der Waals surface area contributed by atoms with Gasteiger partial charge in [0.25, 0.3) is 0 Å². The van der Waals surface area contributed by atoms with Crippen molar-refractivity contribution in [3.8, 4) is 0 Å². The van der Waals surface area contributed by atoms with Gasteiger partial charge in [-0.15, -0.1) is 0 Å². The van der Waals surface area contributed by atoms with Gasteiger partial charge in [0.2, 0.25) is 0 Å². The van der Waals surface area contributed by atoms with Crippen LogP contribution in [0.2, 0.25) is 0 Å². The van der Waals surface area contributed by atoms with Gasteiger partial charge in [-0.1, -0.05) is 0 Å². The van der Waals surface area contributed by atoms with Gasteiger partial charge in [0.05, 0.1) is 0 Å². The predicted octanol–water partition coefficient (Wildman–Crippen LogP) is -0.210. The van der Waals surface area contributed by atoms with Gasteiger partial charge in [0.15, 0.2) is 5.60 Å². The fourth-order valence-corrected chi connectivity index (χ4v) is 1.15. The number of rotatable bonds is 7. The van der Waals surface area contributed by atoms with Crippen LogP contribution >= 0.6 is 0 Å². The Balaban J connectivity index is 3.81. The molecule has 0 saturated carbocycles. The highest BCUT2D eigenvalue weighted by molar-refractivity contribution is 5.76. The Morgan fingerprint density at radius 1 is 1.57 bits per heavy atom. The molecular weight excluding hydrogens is 186 g/mol. The summed E-state index contributed by atoms with van der Waals surface area (Å²) >= 11 is 0. The quantitative estimate of drug-likeness (QED) is 0.563. The number of methoxy groups -OCH3 is 1. The van der Waals surface area contributed by atoms with Gasteiger partial charge >= 0.3 is 5.97 Å². The number of hydrogen-bond donors (Lipinski definition) is 2. The van der Waals surface area contributed by atoms with E-state index in [1.165, 1.54) is 6.92 Å². The molecule has 0 rings (SSSR count). The second kappa shape index (κ2) is 5.95. The first-order chi connectivity index (χ1) is 6.40. The molecule has 0 amide bonds. The molecular formula is C9H19NO4. The molecule has 0 heterocycles. The van der Waals surface area contributed by atoms with Crippen LogP contribution in [0.4, 0.5) is 0 Å². The molecule has 0 aromatic heterocycles. The van der Waals surface area contributed by atoms with Crippen molar-refractivity contribution in [2.45, 2.75) is 18.9 Å². The van der Waals surface area contributed by atoms with E-state index in [4.69, 9.17) is 9.84 Å². The zero-order chi connectivity index (χ0) is 11.2. The largest absolute Gasteiger partial charge is 0.479 e. The Kier molecular flexibility index (Phi) is 5.68. The Bertz CT molecular complexity index is 182. The normalized spacial score (nSPS) is 15.5. The molecule has 0 fully saturated rings. The van der Waals surface area contributed by atoms with E-state index in [1.807, 2.05) is 0 Å². The second-order valence-electron chi connectivity index (χ2n) is 3.66. The summed E-state index contributed by atoms with van der Waals surface area (Å²) in [6.45, 7) is 2.75. The molecule has 1 atom stereocenters. The summed E-state index contributed by atoms with van der Waals surface area (Å²) in [5.41, 5.74) is -1.68. The van der Waals surface area contributed by atoms with Crippen LogP contribution in [-0.4, -0.2) is 60.5 Å². The maximum Gasteiger partial charge on any atom is 0.336 e. The first-order valence-electron chi connectivity index (χ1n) is 4.53. The SMILES string of the molecule is COCCCN(C)CC(C)(O)C(=O)O. The van der Waals surface area contributed by atoms with E-state index in [0.29, 0.717) is 13.2 Å². The van der Waals surface area contributed by atoms with Crippen LogP contribution in [0, 0.1) is 0 Å². The van der Waals surface area contributed by atoms with Gasteiger partial charge in [0.1, 0.15) is 0 Å². The van der Waals surface area contributed by atoms with Gasteiger partial charge in [-0.25, -0.2) is 4.79 Å². The summed E-state index contributed by atoms with van der Waals surface area (Å²) in [7, 11) is 3.39. The maximum atomic E-state index is 10.6. The number of hydrogen-bond acceptors (Lipinski definition) is 4. The fourth-order valence-electron chi connectivity index (χ4n) is 1.15. The van der Waals surface area contributed by atoms with Crippen molar-refractivity contribution in [3.63, 3.8) is 0 Å². The molecule has 1 unspecified atom stereocenters. The Hall–Kier alpha value is -0.650. The van der Waals surface area contributed by atoms with Crippen LogP contribution in [0.3, 0.4) is 0 Å². The van der Waals surface area contributed by atoms with Crippen molar-refractivity contribution < 1.29 is 19.7 Å². The summed E-state index contributed by atoms with van der Waals surface area (Å²) in [4.78, 5) is 12.4. The van der Waals surface area contributed by atoms with Gasteiger partial charge in [0, 0.05) is 26.8 Å². The van der Waals surface area contributed by atoms with Crippen molar-refractivity contribution in [1.82, 2.24) is 4.90 Å². The lowest BCUT2D eigenvalue weighted by atomic mass is 10.1. The average Bonchev–Trinajstić information content (AvgIpc) is 2.03. The van der Waals surface area contributed by atoms with Crippen molar-refractivity contribution >= 4 is 5.97 Å². The minimum Gasteiger partial charge on any atom is -0.479 e. The monoisotopic (exact) mass is 205 g/mol. The van der Waals surface area contributed by atoms with Crippen LogP contribution in [-0.2, 0) is 9.53 Å². The summed E-state index contributed by atoms with van der Waals surface area (Å²) < 4.78 is 4.86. The van der Waals surface area contributed by atoms with Gasteiger partial charge in [-0.3, -0.25) is 0 Å². The fraction of sp³-hybridized carbons (Fsp3) is 0.889. The number of carboxylic acid groups (broad SMARTS) is 1. The first kappa shape index (κ1) is 13.4. The second-order valence-corrected chi connectivity index (χ2v) is 3.66. The molecule has 0 radical (unpaired) electrons. The third kappa shape index (κ3) is 5.16. The standard InChI is InChI=1S/C9H19NO4/c1-9(13,8(11)12)7-10(2)5-4-6-14-3/h13H,4-7H2,1-3H3,(H,11,12). The van der Waals surface area contributed by atoms with Crippen molar-refractivity contribution in [3.05, 3.63) is 0 Å². The summed E-state index contributed by atoms with van der Waals surface area (Å²) in [5.74, 6) is -1.20. The zero-order valence-corrected chi connectivity index (χ0v) is 8.99.